The number of hydrogen-bond acceptors (Lipinski definition) is 3. The molecule has 14 heavy (non-hydrogen) atoms. The van der Waals surface area contributed by atoms with Gasteiger partial charge < -0.3 is 4.74 Å². The van der Waals surface area contributed by atoms with Crippen LogP contribution in [-0.2, 0) is 14.9 Å². The number of ether oxygens (including phenoxy) is 1. The van der Waals surface area contributed by atoms with E-state index in [1.807, 2.05) is 9.24 Å². The Bertz CT molecular complexity index is 316. The molecule has 0 bridgehead atoms. The fraction of sp³-hybridized carbons (Fsp3) is 0.333. The van der Waals surface area contributed by atoms with Gasteiger partial charge >= 0.3 is 5.97 Å². The molecule has 0 radical (unpaired) electrons. The summed E-state index contributed by atoms with van der Waals surface area (Å²) in [4.78, 5) is 15.0. The van der Waals surface area contributed by atoms with Crippen molar-refractivity contribution in [2.24, 2.45) is 0 Å². The molecule has 0 saturated carbocycles. The van der Waals surface area contributed by atoms with Gasteiger partial charge in [-0.3, -0.25) is 4.98 Å². The van der Waals surface area contributed by atoms with Crippen LogP contribution >= 0.6 is 9.24 Å². The molecule has 1 aromatic heterocycles. The summed E-state index contributed by atoms with van der Waals surface area (Å²) in [6.07, 6.45) is 1.42. The van der Waals surface area contributed by atoms with Crippen molar-refractivity contribution in [3.8, 4) is 0 Å². The number of esters is 1. The Kier molecular flexibility index (Phi) is 3.53. The van der Waals surface area contributed by atoms with Crippen molar-refractivity contribution in [2.75, 3.05) is 6.61 Å². The second-order valence-corrected chi connectivity index (χ2v) is 3.44. The van der Waals surface area contributed by atoms with Gasteiger partial charge in [-0.1, -0.05) is 15.3 Å². The first-order valence-electron chi connectivity index (χ1n) is 4.15. The Morgan fingerprint density at radius 1 is 1.71 bits per heavy atom. The second kappa shape index (κ2) is 4.47. The average molecular weight is 215 g/mol. The second-order valence-electron chi connectivity index (χ2n) is 2.65. The summed E-state index contributed by atoms with van der Waals surface area (Å²) < 4.78 is 18.4. The van der Waals surface area contributed by atoms with Crippen molar-refractivity contribution in [1.29, 1.82) is 0 Å². The lowest BCUT2D eigenvalue weighted by Gasteiger charge is -2.16. The highest BCUT2D eigenvalue weighted by molar-refractivity contribution is 7.20. The number of carbonyl (C=O) groups excluding carboxylic acids is 1. The van der Waals surface area contributed by atoms with E-state index in [0.717, 1.165) is 0 Å². The molecule has 0 aliphatic carbocycles. The average Bonchev–Trinajstić information content (AvgIpc) is 2.19. The van der Waals surface area contributed by atoms with Crippen molar-refractivity contribution in [3.63, 3.8) is 0 Å². The summed E-state index contributed by atoms with van der Waals surface area (Å²) in [6.45, 7) is 1.77. The van der Waals surface area contributed by atoms with E-state index in [1.54, 1.807) is 19.1 Å². The highest BCUT2D eigenvalue weighted by atomic mass is 31.0. The Morgan fingerprint density at radius 3 is 2.93 bits per heavy atom. The van der Waals surface area contributed by atoms with Crippen LogP contribution in [0.3, 0.4) is 0 Å². The van der Waals surface area contributed by atoms with Gasteiger partial charge in [-0.2, -0.15) is 0 Å². The van der Waals surface area contributed by atoms with E-state index in [2.05, 4.69) is 9.72 Å². The maximum absolute atomic E-state index is 13.8. The van der Waals surface area contributed by atoms with Crippen molar-refractivity contribution >= 4 is 15.2 Å². The Hall–Kier alpha value is -1.02. The Balaban J connectivity index is 2.90. The number of nitrogens with zero attached hydrogens (tertiary/aromatic N) is 1. The Labute approximate surface area is 83.9 Å². The monoisotopic (exact) mass is 215 g/mol. The van der Waals surface area contributed by atoms with Crippen LogP contribution in [0.2, 0.25) is 0 Å². The summed E-state index contributed by atoms with van der Waals surface area (Å²) >= 11 is 0. The molecule has 0 aliphatic rings. The number of alkyl halides is 1. The molecule has 2 unspecified atom stereocenters. The molecule has 0 aromatic carbocycles. The summed E-state index contributed by atoms with van der Waals surface area (Å²) in [5.41, 5.74) is 0.0310. The Morgan fingerprint density at radius 2 is 2.43 bits per heavy atom. The molecule has 2 atom stereocenters. The van der Waals surface area contributed by atoms with Crippen molar-refractivity contribution in [1.82, 2.24) is 4.98 Å². The van der Waals surface area contributed by atoms with Crippen molar-refractivity contribution < 1.29 is 13.9 Å². The van der Waals surface area contributed by atoms with Crippen LogP contribution in [-0.4, -0.2) is 17.6 Å². The summed E-state index contributed by atoms with van der Waals surface area (Å²) in [7, 11) is 1.82. The van der Waals surface area contributed by atoms with Gasteiger partial charge in [0.05, 0.1) is 12.3 Å². The SMILES string of the molecule is CCOC(=O)C(F)(P)c1ccccn1. The minimum Gasteiger partial charge on any atom is -0.463 e. The van der Waals surface area contributed by atoms with Crippen LogP contribution in [0, 0.1) is 0 Å². The van der Waals surface area contributed by atoms with Crippen LogP contribution < -0.4 is 0 Å². The smallest absolute Gasteiger partial charge is 0.354 e. The lowest BCUT2D eigenvalue weighted by Crippen LogP contribution is -2.27. The summed E-state index contributed by atoms with van der Waals surface area (Å²) in [5.74, 6) is -0.941. The minimum atomic E-state index is -2.25. The number of pyridine rings is 1. The lowest BCUT2D eigenvalue weighted by molar-refractivity contribution is -0.151. The van der Waals surface area contributed by atoms with Gasteiger partial charge in [-0.25, -0.2) is 9.18 Å². The highest BCUT2D eigenvalue weighted by Crippen LogP contribution is 2.32. The third-order valence-electron chi connectivity index (χ3n) is 1.61. The fourth-order valence-corrected chi connectivity index (χ4v) is 1.17. The van der Waals surface area contributed by atoms with Gasteiger partial charge in [0.2, 0.25) is 0 Å². The van der Waals surface area contributed by atoms with Gasteiger partial charge in [0, 0.05) is 6.20 Å². The molecule has 0 spiro atoms. The van der Waals surface area contributed by atoms with Gasteiger partial charge in [-0.05, 0) is 19.1 Å². The zero-order valence-electron chi connectivity index (χ0n) is 7.74. The molecule has 0 amide bonds. The maximum Gasteiger partial charge on any atom is 0.354 e. The zero-order valence-corrected chi connectivity index (χ0v) is 8.89. The first kappa shape index (κ1) is 11.1. The number of carbonyl (C=O) groups is 1. The largest absolute Gasteiger partial charge is 0.463 e. The molecule has 5 heteroatoms. The predicted molar refractivity (Wildman–Crippen MR) is 53.4 cm³/mol. The molecular formula is C9H11FNO2P. The molecule has 1 heterocycles. The third-order valence-corrected chi connectivity index (χ3v) is 2.14. The lowest BCUT2D eigenvalue weighted by atomic mass is 10.2. The number of halogens is 1. The number of rotatable bonds is 3. The molecule has 1 rings (SSSR count). The molecule has 76 valence electrons. The zero-order chi connectivity index (χ0) is 10.6. The third kappa shape index (κ3) is 2.26. The van der Waals surface area contributed by atoms with Crippen molar-refractivity contribution in [3.05, 3.63) is 30.1 Å². The molecule has 0 saturated heterocycles. The fourth-order valence-electron chi connectivity index (χ4n) is 0.919. The van der Waals surface area contributed by atoms with Gasteiger partial charge in [0.25, 0.3) is 5.41 Å². The first-order valence-corrected chi connectivity index (χ1v) is 4.73. The van der Waals surface area contributed by atoms with Crippen LogP contribution in [0.4, 0.5) is 4.39 Å². The number of aromatic nitrogens is 1. The standard InChI is InChI=1S/C9H11FNO2P/c1-2-13-8(12)9(10,14)7-5-3-4-6-11-7/h3-6H,2,14H2,1H3. The van der Waals surface area contributed by atoms with E-state index in [4.69, 9.17) is 0 Å². The normalized spacial score (nSPS) is 14.5. The molecule has 0 aliphatic heterocycles. The van der Waals surface area contributed by atoms with Crippen LogP contribution in [0.1, 0.15) is 12.6 Å². The maximum atomic E-state index is 13.8. The molecule has 0 N–H and O–H groups in total. The topological polar surface area (TPSA) is 39.2 Å². The van der Waals surface area contributed by atoms with E-state index in [0.29, 0.717) is 0 Å². The van der Waals surface area contributed by atoms with E-state index >= 15 is 0 Å². The summed E-state index contributed by atoms with van der Waals surface area (Å²) in [5, 5.41) is -2.25. The highest BCUT2D eigenvalue weighted by Gasteiger charge is 2.38. The molecule has 0 fully saturated rings. The molecule has 1 aromatic rings. The van der Waals surface area contributed by atoms with E-state index in [9.17, 15) is 9.18 Å². The molecule has 3 nitrogen and oxygen atoms in total. The van der Waals surface area contributed by atoms with E-state index in [-0.39, 0.29) is 12.3 Å². The van der Waals surface area contributed by atoms with Gasteiger partial charge in [0.1, 0.15) is 0 Å². The van der Waals surface area contributed by atoms with Crippen LogP contribution in [0.25, 0.3) is 0 Å². The van der Waals surface area contributed by atoms with E-state index in [1.165, 1.54) is 12.3 Å². The van der Waals surface area contributed by atoms with Crippen molar-refractivity contribution in [2.45, 2.75) is 12.3 Å². The predicted octanol–water partition coefficient (Wildman–Crippen LogP) is 1.64. The summed E-state index contributed by atoms with van der Waals surface area (Å²) in [6, 6.07) is 4.69. The number of hydrogen-bond donors (Lipinski definition) is 0. The van der Waals surface area contributed by atoms with Crippen LogP contribution in [0.5, 0.6) is 0 Å². The first-order chi connectivity index (χ1) is 6.59. The minimum absolute atomic E-state index is 0.0310. The molecular weight excluding hydrogens is 204 g/mol. The quantitative estimate of drug-likeness (QED) is 0.568. The van der Waals surface area contributed by atoms with Gasteiger partial charge in [0.15, 0.2) is 0 Å². The van der Waals surface area contributed by atoms with Gasteiger partial charge in [-0.15, -0.1) is 0 Å². The van der Waals surface area contributed by atoms with E-state index < -0.39 is 11.4 Å². The van der Waals surface area contributed by atoms with Crippen LogP contribution in [0.15, 0.2) is 24.4 Å².